The van der Waals surface area contributed by atoms with Crippen LogP contribution in [0, 0.1) is 5.92 Å². The molecule has 1 amide bonds. The molecule has 120 valence electrons. The van der Waals surface area contributed by atoms with E-state index >= 15 is 0 Å². The van der Waals surface area contributed by atoms with E-state index in [1.54, 1.807) is 18.4 Å². The van der Waals surface area contributed by atoms with Crippen LogP contribution in [0.2, 0.25) is 0 Å². The first-order valence-corrected chi connectivity index (χ1v) is 8.74. The molecule has 1 fully saturated rings. The average molecular weight is 322 g/mol. The molecule has 1 aromatic heterocycles. The first kappa shape index (κ1) is 15.6. The summed E-state index contributed by atoms with van der Waals surface area (Å²) in [5.74, 6) is 0.472. The number of nitrogens with one attached hydrogen (secondary N) is 1. The van der Waals surface area contributed by atoms with Gasteiger partial charge in [0.1, 0.15) is 0 Å². The maximum absolute atomic E-state index is 12.4. The van der Waals surface area contributed by atoms with Crippen LogP contribution in [-0.4, -0.2) is 43.0 Å². The van der Waals surface area contributed by atoms with Crippen LogP contribution < -0.4 is 5.32 Å². The number of fused-ring (bicyclic) bond motifs is 1. The Hall–Kier alpha value is -1.24. The number of ketones is 1. The van der Waals surface area contributed by atoms with Gasteiger partial charge in [-0.1, -0.05) is 0 Å². The van der Waals surface area contributed by atoms with Crippen LogP contribution in [0.5, 0.6) is 0 Å². The number of Topliss-reactive ketones (excluding diaryl/α,β-unsaturated/α-hetero) is 1. The molecule has 0 radical (unpaired) electrons. The van der Waals surface area contributed by atoms with Gasteiger partial charge in [0.05, 0.1) is 13.2 Å². The minimum absolute atomic E-state index is 0.00731. The number of hydroxylamine groups is 2. The minimum atomic E-state index is -0.339. The summed E-state index contributed by atoms with van der Waals surface area (Å²) in [6.45, 7) is 1.74. The number of hydrogen-bond acceptors (Lipinski definition) is 5. The molecule has 3 rings (SSSR count). The molecule has 0 bridgehead atoms. The predicted octanol–water partition coefficient (Wildman–Crippen LogP) is 2.03. The van der Waals surface area contributed by atoms with Crippen LogP contribution in [-0.2, 0) is 16.1 Å². The topological polar surface area (TPSA) is 58.6 Å². The largest absolute Gasteiger partial charge is 0.346 e. The quantitative estimate of drug-likeness (QED) is 0.921. The normalized spacial score (nSPS) is 23.3. The highest BCUT2D eigenvalue weighted by Gasteiger charge is 2.30. The van der Waals surface area contributed by atoms with Gasteiger partial charge in [-0.2, -0.15) is 5.06 Å². The molecule has 2 aliphatic rings. The van der Waals surface area contributed by atoms with Gasteiger partial charge in [-0.15, -0.1) is 11.3 Å². The fourth-order valence-corrected chi connectivity index (χ4v) is 4.20. The number of amides is 1. The highest BCUT2D eigenvalue weighted by atomic mass is 32.1. The van der Waals surface area contributed by atoms with Crippen molar-refractivity contribution in [1.82, 2.24) is 10.4 Å². The van der Waals surface area contributed by atoms with Crippen molar-refractivity contribution < 1.29 is 14.4 Å². The van der Waals surface area contributed by atoms with Crippen molar-refractivity contribution >= 4 is 23.0 Å². The van der Waals surface area contributed by atoms with Crippen molar-refractivity contribution in [2.24, 2.45) is 5.92 Å². The molecule has 5 nitrogen and oxygen atoms in total. The maximum Gasteiger partial charge on any atom is 0.220 e. The van der Waals surface area contributed by atoms with Crippen LogP contribution in [0.1, 0.15) is 40.9 Å². The second kappa shape index (κ2) is 6.89. The zero-order valence-corrected chi connectivity index (χ0v) is 13.7. The molecular formula is C16H22N2O3S. The van der Waals surface area contributed by atoms with Gasteiger partial charge in [0.25, 0.3) is 0 Å². The van der Waals surface area contributed by atoms with Crippen molar-refractivity contribution in [3.05, 3.63) is 21.9 Å². The second-order valence-electron chi connectivity index (χ2n) is 6.04. The average Bonchev–Trinajstić information content (AvgIpc) is 3.00. The standard InChI is InChI=1S/C16H22N2O3S/c1-21-18-7-4-11(5-8-18)10-15(19)17-13-2-3-14-12(16(13)20)6-9-22-14/h6,9,11,13H,2-5,7-8,10H2,1H3,(H,17,19). The Kier molecular flexibility index (Phi) is 4.90. The van der Waals surface area contributed by atoms with Gasteiger partial charge >= 0.3 is 0 Å². The highest BCUT2D eigenvalue weighted by Crippen LogP contribution is 2.26. The van der Waals surface area contributed by atoms with E-state index in [-0.39, 0.29) is 17.7 Å². The maximum atomic E-state index is 12.4. The SMILES string of the molecule is CON1CCC(CC(=O)NC2CCc3sccc3C2=O)CC1. The highest BCUT2D eigenvalue weighted by molar-refractivity contribution is 7.10. The third-order valence-corrected chi connectivity index (χ3v) is 5.61. The Labute approximate surface area is 134 Å². The molecule has 0 aromatic carbocycles. The third-order valence-electron chi connectivity index (χ3n) is 4.63. The summed E-state index contributed by atoms with van der Waals surface area (Å²) in [6, 6.07) is 1.54. The van der Waals surface area contributed by atoms with Gasteiger partial charge in [0.2, 0.25) is 5.91 Å². The fourth-order valence-electron chi connectivity index (χ4n) is 3.30. The number of rotatable bonds is 4. The van der Waals surface area contributed by atoms with Crippen molar-refractivity contribution in [1.29, 1.82) is 0 Å². The van der Waals surface area contributed by atoms with Gasteiger partial charge in [-0.05, 0) is 43.0 Å². The molecule has 0 saturated carbocycles. The van der Waals surface area contributed by atoms with E-state index in [9.17, 15) is 9.59 Å². The van der Waals surface area contributed by atoms with Gasteiger partial charge in [0, 0.05) is 30.0 Å². The minimum Gasteiger partial charge on any atom is -0.346 e. The number of nitrogens with zero attached hydrogens (tertiary/aromatic N) is 1. The van der Waals surface area contributed by atoms with Crippen LogP contribution >= 0.6 is 11.3 Å². The monoisotopic (exact) mass is 322 g/mol. The molecule has 1 aromatic rings. The van der Waals surface area contributed by atoms with Gasteiger partial charge in [-0.25, -0.2) is 0 Å². The Morgan fingerprint density at radius 1 is 1.41 bits per heavy atom. The summed E-state index contributed by atoms with van der Waals surface area (Å²) >= 11 is 1.63. The molecular weight excluding hydrogens is 300 g/mol. The molecule has 1 atom stereocenters. The molecule has 0 spiro atoms. The first-order valence-electron chi connectivity index (χ1n) is 7.86. The number of hydrogen-bond donors (Lipinski definition) is 1. The van der Waals surface area contributed by atoms with Crippen molar-refractivity contribution in [2.45, 2.75) is 38.1 Å². The number of carbonyl (C=O) groups is 2. The van der Waals surface area contributed by atoms with Crippen molar-refractivity contribution in [2.75, 3.05) is 20.2 Å². The zero-order valence-electron chi connectivity index (χ0n) is 12.8. The lowest BCUT2D eigenvalue weighted by Crippen LogP contribution is -2.44. The Balaban J connectivity index is 1.50. The summed E-state index contributed by atoms with van der Waals surface area (Å²) in [7, 11) is 1.68. The van der Waals surface area contributed by atoms with Crippen LogP contribution in [0.25, 0.3) is 0 Å². The van der Waals surface area contributed by atoms with E-state index in [1.165, 1.54) is 0 Å². The molecule has 22 heavy (non-hydrogen) atoms. The van der Waals surface area contributed by atoms with Crippen LogP contribution in [0.3, 0.4) is 0 Å². The van der Waals surface area contributed by atoms with Crippen molar-refractivity contribution in [3.63, 3.8) is 0 Å². The fraction of sp³-hybridized carbons (Fsp3) is 0.625. The number of aryl methyl sites for hydroxylation is 1. The Morgan fingerprint density at radius 3 is 2.91 bits per heavy atom. The molecule has 2 heterocycles. The Bertz CT molecular complexity index is 549. The molecule has 1 unspecified atom stereocenters. The summed E-state index contributed by atoms with van der Waals surface area (Å²) in [5.41, 5.74) is 0.801. The van der Waals surface area contributed by atoms with Crippen LogP contribution in [0.4, 0.5) is 0 Å². The summed E-state index contributed by atoms with van der Waals surface area (Å²) in [5, 5.41) is 6.83. The second-order valence-corrected chi connectivity index (χ2v) is 7.04. The molecule has 1 N–H and O–H groups in total. The van der Waals surface area contributed by atoms with E-state index < -0.39 is 0 Å². The lowest BCUT2D eigenvalue weighted by Gasteiger charge is -2.30. The van der Waals surface area contributed by atoms with E-state index in [0.717, 1.165) is 49.2 Å². The number of thiophene rings is 1. The zero-order chi connectivity index (χ0) is 15.5. The van der Waals surface area contributed by atoms with Crippen molar-refractivity contribution in [3.8, 4) is 0 Å². The molecule has 6 heteroatoms. The summed E-state index contributed by atoms with van der Waals surface area (Å²) < 4.78 is 0. The number of piperidine rings is 1. The molecule has 1 saturated heterocycles. The lowest BCUT2D eigenvalue weighted by atomic mass is 9.91. The van der Waals surface area contributed by atoms with E-state index in [0.29, 0.717) is 12.3 Å². The first-order chi connectivity index (χ1) is 10.7. The smallest absolute Gasteiger partial charge is 0.220 e. The van der Waals surface area contributed by atoms with Gasteiger partial charge < -0.3 is 10.2 Å². The van der Waals surface area contributed by atoms with Gasteiger partial charge in [-0.3, -0.25) is 9.59 Å². The van der Waals surface area contributed by atoms with Gasteiger partial charge in [0.15, 0.2) is 5.78 Å². The lowest BCUT2D eigenvalue weighted by molar-refractivity contribution is -0.150. The van der Waals surface area contributed by atoms with Crippen LogP contribution in [0.15, 0.2) is 11.4 Å². The van der Waals surface area contributed by atoms with E-state index in [2.05, 4.69) is 5.32 Å². The summed E-state index contributed by atoms with van der Waals surface area (Å²) in [4.78, 5) is 30.9. The molecule has 1 aliphatic heterocycles. The summed E-state index contributed by atoms with van der Waals surface area (Å²) in [6.07, 6.45) is 4.05. The predicted molar refractivity (Wildman–Crippen MR) is 84.8 cm³/mol. The van der Waals surface area contributed by atoms with E-state index in [1.807, 2.05) is 16.5 Å². The Morgan fingerprint density at radius 2 is 2.18 bits per heavy atom. The molecule has 1 aliphatic carbocycles. The van der Waals surface area contributed by atoms with E-state index in [4.69, 9.17) is 4.84 Å². The number of carbonyl (C=O) groups excluding carboxylic acids is 2. The third kappa shape index (κ3) is 3.39.